The van der Waals surface area contributed by atoms with E-state index in [9.17, 15) is 9.36 Å². The number of carbonyl (C=O) groups excluding carboxylic acids is 1. The van der Waals surface area contributed by atoms with Gasteiger partial charge in [-0.05, 0) is 12.8 Å². The molecule has 1 saturated carbocycles. The van der Waals surface area contributed by atoms with Crippen molar-refractivity contribution in [2.75, 3.05) is 0 Å². The Bertz CT molecular complexity index is 315. The Morgan fingerprint density at radius 1 is 1.27 bits per heavy atom. The van der Waals surface area contributed by atoms with Crippen molar-refractivity contribution in [1.29, 1.82) is 0 Å². The van der Waals surface area contributed by atoms with Crippen LogP contribution in [0.5, 0.6) is 0 Å². The van der Waals surface area contributed by atoms with E-state index in [1.807, 2.05) is 0 Å². The molecular weight excluding hydrogens is 223 g/mol. The van der Waals surface area contributed by atoms with Crippen LogP contribution in [0.2, 0.25) is 0 Å². The second-order valence-electron chi connectivity index (χ2n) is 3.95. The monoisotopic (exact) mass is 236 g/mol. The quantitative estimate of drug-likeness (QED) is 0.514. The van der Waals surface area contributed by atoms with Crippen molar-refractivity contribution in [3.63, 3.8) is 0 Å². The molecule has 1 atom stereocenters. The smallest absolute Gasteiger partial charge is 0.365 e. The summed E-state index contributed by atoms with van der Waals surface area (Å²) in [5.41, 5.74) is 0. The predicted molar refractivity (Wildman–Crippen MR) is 48.8 cm³/mol. The highest BCUT2D eigenvalue weighted by Crippen LogP contribution is 2.51. The Hall–Kier alpha value is -0.420. The van der Waals surface area contributed by atoms with Crippen LogP contribution in [0.25, 0.3) is 0 Å². The molecule has 7 heteroatoms. The van der Waals surface area contributed by atoms with Gasteiger partial charge in [0.1, 0.15) is 0 Å². The van der Waals surface area contributed by atoms with E-state index in [0.29, 0.717) is 12.8 Å². The fourth-order valence-corrected chi connectivity index (χ4v) is 2.68. The van der Waals surface area contributed by atoms with Gasteiger partial charge in [0.2, 0.25) is 5.79 Å². The van der Waals surface area contributed by atoms with Gasteiger partial charge < -0.3 is 19.3 Å². The molecule has 6 nitrogen and oxygen atoms in total. The summed E-state index contributed by atoms with van der Waals surface area (Å²) in [5.74, 6) is -3.73. The molecule has 1 saturated heterocycles. The number of rotatable bonds is 1. The first-order valence-electron chi connectivity index (χ1n) is 4.89. The maximum Gasteiger partial charge on any atom is 0.365 e. The van der Waals surface area contributed by atoms with Crippen molar-refractivity contribution < 1.29 is 28.6 Å². The molecule has 2 N–H and O–H groups in total. The summed E-state index contributed by atoms with van der Waals surface area (Å²) in [7, 11) is -4.56. The van der Waals surface area contributed by atoms with E-state index < -0.39 is 25.2 Å². The van der Waals surface area contributed by atoms with E-state index in [-0.39, 0.29) is 0 Å². The summed E-state index contributed by atoms with van der Waals surface area (Å²) < 4.78 is 21.0. The van der Waals surface area contributed by atoms with Crippen molar-refractivity contribution in [1.82, 2.24) is 0 Å². The van der Waals surface area contributed by atoms with Crippen LogP contribution in [0.3, 0.4) is 0 Å². The number of hydrogen-bond acceptors (Lipinski definition) is 4. The Kier molecular flexibility index (Phi) is 2.63. The Labute approximate surface area is 86.7 Å². The van der Waals surface area contributed by atoms with Gasteiger partial charge in [-0.3, -0.25) is 4.57 Å². The highest BCUT2D eigenvalue weighted by atomic mass is 31.2. The Balaban J connectivity index is 2.15. The SMILES string of the molecule is O=C1OC2(CCCCC2)OC1P(=O)(O)O. The molecule has 1 unspecified atom stereocenters. The minimum absolute atomic E-state index is 0.523. The lowest BCUT2D eigenvalue weighted by molar-refractivity contribution is -0.188. The van der Waals surface area contributed by atoms with Crippen molar-refractivity contribution in [2.24, 2.45) is 0 Å². The van der Waals surface area contributed by atoms with Crippen LogP contribution >= 0.6 is 7.60 Å². The number of esters is 1. The first kappa shape index (κ1) is 11.1. The van der Waals surface area contributed by atoms with E-state index in [2.05, 4.69) is 0 Å². The first-order chi connectivity index (χ1) is 6.93. The molecule has 0 bridgehead atoms. The highest BCUT2D eigenvalue weighted by molar-refractivity contribution is 7.53. The molecule has 1 aliphatic carbocycles. The van der Waals surface area contributed by atoms with Crippen LogP contribution in [-0.4, -0.2) is 27.4 Å². The summed E-state index contributed by atoms with van der Waals surface area (Å²) >= 11 is 0. The van der Waals surface area contributed by atoms with Gasteiger partial charge in [0.25, 0.3) is 5.85 Å². The van der Waals surface area contributed by atoms with E-state index >= 15 is 0 Å². The largest absolute Gasteiger partial charge is 0.431 e. The molecule has 15 heavy (non-hydrogen) atoms. The zero-order chi connectivity index (χ0) is 11.1. The minimum atomic E-state index is -4.56. The fraction of sp³-hybridized carbons (Fsp3) is 0.875. The van der Waals surface area contributed by atoms with Crippen LogP contribution in [-0.2, 0) is 18.8 Å². The molecule has 0 radical (unpaired) electrons. The topological polar surface area (TPSA) is 93.1 Å². The Morgan fingerprint density at radius 3 is 2.33 bits per heavy atom. The molecule has 0 aromatic heterocycles. The molecular formula is C8H13O6P. The molecule has 1 heterocycles. The molecule has 1 aliphatic heterocycles. The van der Waals surface area contributed by atoms with Crippen LogP contribution < -0.4 is 0 Å². The summed E-state index contributed by atoms with van der Waals surface area (Å²) in [5, 5.41) is 0. The molecule has 0 aromatic rings. The number of ether oxygens (including phenoxy) is 2. The summed E-state index contributed by atoms with van der Waals surface area (Å²) in [6.07, 6.45) is 3.77. The summed E-state index contributed by atoms with van der Waals surface area (Å²) in [4.78, 5) is 29.0. The Morgan fingerprint density at radius 2 is 1.87 bits per heavy atom. The van der Waals surface area contributed by atoms with E-state index in [0.717, 1.165) is 19.3 Å². The summed E-state index contributed by atoms with van der Waals surface area (Å²) in [6.45, 7) is 0. The van der Waals surface area contributed by atoms with Gasteiger partial charge in [-0.1, -0.05) is 6.42 Å². The second-order valence-corrected chi connectivity index (χ2v) is 5.60. The molecule has 0 amide bonds. The van der Waals surface area contributed by atoms with Gasteiger partial charge >= 0.3 is 13.6 Å². The zero-order valence-corrected chi connectivity index (χ0v) is 8.98. The maximum atomic E-state index is 11.3. The van der Waals surface area contributed by atoms with Crippen LogP contribution in [0.15, 0.2) is 0 Å². The second kappa shape index (κ2) is 3.56. The number of hydrogen-bond donors (Lipinski definition) is 2. The fourth-order valence-electron chi connectivity index (χ4n) is 2.03. The molecule has 2 rings (SSSR count). The molecule has 2 fully saturated rings. The summed E-state index contributed by atoms with van der Waals surface area (Å²) in [6, 6.07) is 0. The van der Waals surface area contributed by atoms with Crippen molar-refractivity contribution in [3.05, 3.63) is 0 Å². The van der Waals surface area contributed by atoms with Gasteiger partial charge in [0.05, 0.1) is 0 Å². The highest BCUT2D eigenvalue weighted by Gasteiger charge is 2.54. The lowest BCUT2D eigenvalue weighted by Gasteiger charge is -2.30. The minimum Gasteiger partial charge on any atom is -0.431 e. The van der Waals surface area contributed by atoms with Gasteiger partial charge in [-0.15, -0.1) is 0 Å². The van der Waals surface area contributed by atoms with Gasteiger partial charge in [-0.2, -0.15) is 0 Å². The average molecular weight is 236 g/mol. The van der Waals surface area contributed by atoms with Gasteiger partial charge in [0.15, 0.2) is 0 Å². The van der Waals surface area contributed by atoms with Crippen molar-refractivity contribution in [3.8, 4) is 0 Å². The van der Waals surface area contributed by atoms with Crippen LogP contribution in [0.4, 0.5) is 0 Å². The van der Waals surface area contributed by atoms with Crippen LogP contribution in [0.1, 0.15) is 32.1 Å². The standard InChI is InChI=1S/C8H13O6P/c9-6-7(15(10,11)12)14-8(13-6)4-2-1-3-5-8/h7H,1-5H2,(H2,10,11,12). The molecule has 86 valence electrons. The van der Waals surface area contributed by atoms with Gasteiger partial charge in [0, 0.05) is 12.8 Å². The first-order valence-corrected chi connectivity index (χ1v) is 6.57. The average Bonchev–Trinajstić information content (AvgIpc) is 2.44. The van der Waals surface area contributed by atoms with Crippen molar-refractivity contribution in [2.45, 2.75) is 43.7 Å². The molecule has 1 spiro atoms. The third-order valence-corrected chi connectivity index (χ3v) is 3.66. The third kappa shape index (κ3) is 2.08. The van der Waals surface area contributed by atoms with E-state index in [1.165, 1.54) is 0 Å². The predicted octanol–water partition coefficient (Wildman–Crippen LogP) is 0.724. The van der Waals surface area contributed by atoms with Crippen molar-refractivity contribution >= 4 is 13.6 Å². The lowest BCUT2D eigenvalue weighted by atomic mass is 9.94. The maximum absolute atomic E-state index is 11.3. The molecule has 0 aromatic carbocycles. The van der Waals surface area contributed by atoms with Crippen LogP contribution in [0, 0.1) is 0 Å². The number of carbonyl (C=O) groups is 1. The van der Waals surface area contributed by atoms with E-state index in [1.54, 1.807) is 0 Å². The molecule has 2 aliphatic rings. The zero-order valence-electron chi connectivity index (χ0n) is 8.09. The normalized spacial score (nSPS) is 30.5. The van der Waals surface area contributed by atoms with Gasteiger partial charge in [-0.25, -0.2) is 4.79 Å². The van der Waals surface area contributed by atoms with E-state index in [4.69, 9.17) is 19.3 Å². The third-order valence-electron chi connectivity index (χ3n) is 2.74. The lowest BCUT2D eigenvalue weighted by Crippen LogP contribution is -2.33.